The van der Waals surface area contributed by atoms with E-state index >= 15 is 0 Å². The van der Waals surface area contributed by atoms with Crippen molar-refractivity contribution in [1.29, 1.82) is 0 Å². The van der Waals surface area contributed by atoms with Crippen LogP contribution >= 0.6 is 0 Å². The van der Waals surface area contributed by atoms with Crippen molar-refractivity contribution in [2.24, 2.45) is 5.73 Å². The van der Waals surface area contributed by atoms with Crippen molar-refractivity contribution in [2.45, 2.75) is 63.3 Å². The molecule has 3 amide bonds. The quantitative estimate of drug-likeness (QED) is 0.678. The van der Waals surface area contributed by atoms with Gasteiger partial charge in [0.2, 0.25) is 11.8 Å². The number of rotatable bonds is 4. The van der Waals surface area contributed by atoms with Gasteiger partial charge in [0.05, 0.1) is 0 Å². The molecule has 26 heavy (non-hydrogen) atoms. The molecular formula is C19H24N4O3. The fourth-order valence-corrected chi connectivity index (χ4v) is 4.18. The van der Waals surface area contributed by atoms with E-state index in [1.165, 1.54) is 0 Å². The molecule has 0 aromatic heterocycles. The second-order valence-corrected chi connectivity index (χ2v) is 8.03. The van der Waals surface area contributed by atoms with Crippen LogP contribution in [-0.2, 0) is 22.7 Å². The van der Waals surface area contributed by atoms with Gasteiger partial charge in [-0.1, -0.05) is 12.1 Å². The lowest BCUT2D eigenvalue weighted by Crippen LogP contribution is -2.57. The Hall–Kier alpha value is -2.25. The first-order chi connectivity index (χ1) is 12.3. The third kappa shape index (κ3) is 3.12. The predicted molar refractivity (Wildman–Crippen MR) is 94.9 cm³/mol. The number of amides is 3. The molecule has 138 valence electrons. The fraction of sp³-hybridized carbons (Fsp3) is 0.526. The number of benzene rings is 1. The molecule has 1 aromatic carbocycles. The zero-order valence-corrected chi connectivity index (χ0v) is 14.9. The molecule has 1 atom stereocenters. The van der Waals surface area contributed by atoms with Gasteiger partial charge in [0.25, 0.3) is 5.91 Å². The van der Waals surface area contributed by atoms with Gasteiger partial charge in [-0.15, -0.1) is 0 Å². The maximum Gasteiger partial charge on any atom is 0.255 e. The molecule has 0 radical (unpaired) electrons. The SMILES string of the molecule is CC1(N)CC(NCc2ccc3c(c2)C(=O)N(C2CCC(=O)NC2=O)C3)C1. The van der Waals surface area contributed by atoms with Gasteiger partial charge in [-0.2, -0.15) is 0 Å². The average Bonchev–Trinajstić information content (AvgIpc) is 2.87. The normalized spacial score (nSPS) is 30.8. The molecule has 4 N–H and O–H groups in total. The van der Waals surface area contributed by atoms with E-state index in [2.05, 4.69) is 17.6 Å². The van der Waals surface area contributed by atoms with Gasteiger partial charge in [-0.05, 0) is 43.4 Å². The smallest absolute Gasteiger partial charge is 0.255 e. The van der Waals surface area contributed by atoms with E-state index in [4.69, 9.17) is 5.73 Å². The summed E-state index contributed by atoms with van der Waals surface area (Å²) in [6.45, 7) is 3.17. The minimum Gasteiger partial charge on any atom is -0.325 e. The summed E-state index contributed by atoms with van der Waals surface area (Å²) < 4.78 is 0. The summed E-state index contributed by atoms with van der Waals surface area (Å²) in [5.41, 5.74) is 8.61. The Morgan fingerprint density at radius 3 is 2.77 bits per heavy atom. The minimum absolute atomic E-state index is 0.0615. The monoisotopic (exact) mass is 356 g/mol. The molecule has 7 nitrogen and oxygen atoms in total. The van der Waals surface area contributed by atoms with Gasteiger partial charge < -0.3 is 16.0 Å². The molecule has 2 aliphatic heterocycles. The Morgan fingerprint density at radius 1 is 1.31 bits per heavy atom. The lowest BCUT2D eigenvalue weighted by Gasteiger charge is -2.42. The van der Waals surface area contributed by atoms with Crippen LogP contribution in [0.25, 0.3) is 0 Å². The van der Waals surface area contributed by atoms with Crippen LogP contribution in [0.3, 0.4) is 0 Å². The first-order valence-electron chi connectivity index (χ1n) is 9.11. The number of hydrogen-bond acceptors (Lipinski definition) is 5. The van der Waals surface area contributed by atoms with Gasteiger partial charge in [0, 0.05) is 36.7 Å². The Labute approximate surface area is 152 Å². The maximum absolute atomic E-state index is 12.8. The van der Waals surface area contributed by atoms with Gasteiger partial charge in [-0.25, -0.2) is 0 Å². The topological polar surface area (TPSA) is 105 Å². The van der Waals surface area contributed by atoms with Crippen molar-refractivity contribution in [2.75, 3.05) is 0 Å². The molecule has 7 heteroatoms. The molecule has 0 spiro atoms. The van der Waals surface area contributed by atoms with Crippen LogP contribution in [0, 0.1) is 0 Å². The lowest BCUT2D eigenvalue weighted by molar-refractivity contribution is -0.136. The number of fused-ring (bicyclic) bond motifs is 1. The average molecular weight is 356 g/mol. The summed E-state index contributed by atoms with van der Waals surface area (Å²) in [7, 11) is 0. The van der Waals surface area contributed by atoms with E-state index in [-0.39, 0.29) is 29.7 Å². The highest BCUT2D eigenvalue weighted by atomic mass is 16.2. The van der Waals surface area contributed by atoms with Gasteiger partial charge in [0.1, 0.15) is 6.04 Å². The van der Waals surface area contributed by atoms with Crippen LogP contribution in [0.1, 0.15) is 54.1 Å². The zero-order chi connectivity index (χ0) is 18.5. The van der Waals surface area contributed by atoms with Gasteiger partial charge in [-0.3, -0.25) is 19.7 Å². The summed E-state index contributed by atoms with van der Waals surface area (Å²) in [4.78, 5) is 37.8. The van der Waals surface area contributed by atoms with Gasteiger partial charge in [0.15, 0.2) is 0 Å². The molecular weight excluding hydrogens is 332 g/mol. The standard InChI is InChI=1S/C19H24N4O3/c1-19(20)7-13(8-19)21-9-11-2-3-12-10-23(18(26)14(12)6-11)15-4-5-16(24)22-17(15)25/h2-3,6,13,15,21H,4-5,7-10,20H2,1H3,(H,22,24,25). The van der Waals surface area contributed by atoms with Crippen molar-refractivity contribution in [3.05, 3.63) is 34.9 Å². The summed E-state index contributed by atoms with van der Waals surface area (Å²) >= 11 is 0. The van der Waals surface area contributed by atoms with Crippen molar-refractivity contribution >= 4 is 17.7 Å². The Balaban J connectivity index is 1.42. The van der Waals surface area contributed by atoms with Gasteiger partial charge >= 0.3 is 0 Å². The van der Waals surface area contributed by atoms with Crippen molar-refractivity contribution < 1.29 is 14.4 Å². The fourth-order valence-electron chi connectivity index (χ4n) is 4.18. The first kappa shape index (κ1) is 17.2. The van der Waals surface area contributed by atoms with Crippen molar-refractivity contribution in [3.8, 4) is 0 Å². The van der Waals surface area contributed by atoms with Crippen LogP contribution < -0.4 is 16.4 Å². The van der Waals surface area contributed by atoms with E-state index in [0.29, 0.717) is 31.1 Å². The number of nitrogens with one attached hydrogen (secondary N) is 2. The highest BCUT2D eigenvalue weighted by Gasteiger charge is 2.39. The maximum atomic E-state index is 12.8. The molecule has 1 unspecified atom stereocenters. The molecule has 2 heterocycles. The van der Waals surface area contributed by atoms with Crippen LogP contribution in [0.5, 0.6) is 0 Å². The number of imide groups is 1. The van der Waals surface area contributed by atoms with Crippen LogP contribution in [0.2, 0.25) is 0 Å². The second kappa shape index (κ2) is 6.17. The predicted octanol–water partition coefficient (Wildman–Crippen LogP) is 0.417. The number of nitrogens with two attached hydrogens (primary N) is 1. The molecule has 1 aliphatic carbocycles. The molecule has 0 bridgehead atoms. The molecule has 4 rings (SSSR count). The Bertz CT molecular complexity index is 781. The highest BCUT2D eigenvalue weighted by molar-refractivity contribution is 6.05. The summed E-state index contributed by atoms with van der Waals surface area (Å²) in [5.74, 6) is -0.776. The first-order valence-corrected chi connectivity index (χ1v) is 9.11. The summed E-state index contributed by atoms with van der Waals surface area (Å²) in [6, 6.07) is 5.76. The van der Waals surface area contributed by atoms with E-state index < -0.39 is 6.04 Å². The van der Waals surface area contributed by atoms with E-state index in [1.54, 1.807) is 4.90 Å². The number of hydrogen-bond donors (Lipinski definition) is 3. The van der Waals surface area contributed by atoms with Crippen molar-refractivity contribution in [1.82, 2.24) is 15.5 Å². The second-order valence-electron chi connectivity index (χ2n) is 8.03. The van der Waals surface area contributed by atoms with E-state index in [0.717, 1.165) is 24.0 Å². The highest BCUT2D eigenvalue weighted by Crippen LogP contribution is 2.30. The summed E-state index contributed by atoms with van der Waals surface area (Å²) in [6.07, 6.45) is 2.58. The van der Waals surface area contributed by atoms with Crippen LogP contribution in [0.15, 0.2) is 18.2 Å². The molecule has 2 fully saturated rings. The zero-order valence-electron chi connectivity index (χ0n) is 14.9. The largest absolute Gasteiger partial charge is 0.325 e. The number of piperidine rings is 1. The number of carbonyl (C=O) groups excluding carboxylic acids is 3. The third-order valence-corrected chi connectivity index (χ3v) is 5.61. The minimum atomic E-state index is -0.564. The Morgan fingerprint density at radius 2 is 2.08 bits per heavy atom. The molecule has 1 aromatic rings. The van der Waals surface area contributed by atoms with Crippen LogP contribution in [0.4, 0.5) is 0 Å². The summed E-state index contributed by atoms with van der Waals surface area (Å²) in [5, 5.41) is 5.80. The third-order valence-electron chi connectivity index (χ3n) is 5.61. The van der Waals surface area contributed by atoms with E-state index in [1.807, 2.05) is 18.2 Å². The molecule has 3 aliphatic rings. The Kier molecular flexibility index (Phi) is 4.08. The van der Waals surface area contributed by atoms with Crippen molar-refractivity contribution in [3.63, 3.8) is 0 Å². The van der Waals surface area contributed by atoms with E-state index in [9.17, 15) is 14.4 Å². The molecule has 1 saturated heterocycles. The van der Waals surface area contributed by atoms with Crippen LogP contribution in [-0.4, -0.2) is 40.2 Å². The lowest BCUT2D eigenvalue weighted by atomic mass is 9.75. The molecule has 1 saturated carbocycles. The number of nitrogens with zero attached hydrogens (tertiary/aromatic N) is 1. The number of carbonyl (C=O) groups is 3.